The van der Waals surface area contributed by atoms with Crippen LogP contribution in [0.25, 0.3) is 6.08 Å². The Morgan fingerprint density at radius 1 is 1.36 bits per heavy atom. The number of carbonyl (C=O) groups is 2. The van der Waals surface area contributed by atoms with Crippen molar-refractivity contribution in [3.8, 4) is 0 Å². The zero-order valence-corrected chi connectivity index (χ0v) is 14.1. The minimum atomic E-state index is -4.70. The Labute approximate surface area is 149 Å². The number of amides is 1. The number of halogens is 4. The SMILES string of the molecule is O=C(O)CCCN1C(=O)/C(=C/c2cc(F)ccc2C(F)(F)F)SC1=S. The summed E-state index contributed by atoms with van der Waals surface area (Å²) in [5.41, 5.74) is -1.54. The number of carbonyl (C=O) groups excluding carboxylic acids is 1. The highest BCUT2D eigenvalue weighted by Crippen LogP contribution is 2.37. The van der Waals surface area contributed by atoms with Crippen LogP contribution in [0.4, 0.5) is 17.6 Å². The van der Waals surface area contributed by atoms with Gasteiger partial charge < -0.3 is 5.11 Å². The van der Waals surface area contributed by atoms with Crippen LogP contribution in [0.15, 0.2) is 23.1 Å². The van der Waals surface area contributed by atoms with Crippen molar-refractivity contribution >= 4 is 46.3 Å². The lowest BCUT2D eigenvalue weighted by Crippen LogP contribution is -2.29. The van der Waals surface area contributed by atoms with Crippen LogP contribution in [0.5, 0.6) is 0 Å². The molecule has 134 valence electrons. The van der Waals surface area contributed by atoms with Crippen LogP contribution in [-0.2, 0) is 15.8 Å². The van der Waals surface area contributed by atoms with Crippen LogP contribution in [-0.4, -0.2) is 32.7 Å². The fourth-order valence-corrected chi connectivity index (χ4v) is 3.43. The van der Waals surface area contributed by atoms with Crippen LogP contribution < -0.4 is 0 Å². The van der Waals surface area contributed by atoms with Gasteiger partial charge in [0.05, 0.1) is 10.5 Å². The molecule has 1 aromatic rings. The predicted octanol–water partition coefficient (Wildman–Crippen LogP) is 3.91. The van der Waals surface area contributed by atoms with Crippen molar-refractivity contribution in [3.63, 3.8) is 0 Å². The van der Waals surface area contributed by atoms with Gasteiger partial charge in [-0.3, -0.25) is 14.5 Å². The summed E-state index contributed by atoms with van der Waals surface area (Å²) in [4.78, 5) is 23.8. The van der Waals surface area contributed by atoms with Crippen LogP contribution in [0, 0.1) is 5.82 Å². The first-order chi connectivity index (χ1) is 11.6. The maximum atomic E-state index is 13.3. The first-order valence-corrected chi connectivity index (χ1v) is 8.16. The number of benzene rings is 1. The Kier molecular flexibility index (Phi) is 5.83. The molecule has 1 heterocycles. The molecule has 0 unspecified atom stereocenters. The molecule has 1 N–H and O–H groups in total. The van der Waals surface area contributed by atoms with E-state index in [1.807, 2.05) is 0 Å². The van der Waals surface area contributed by atoms with Gasteiger partial charge >= 0.3 is 12.1 Å². The molecule has 1 amide bonds. The van der Waals surface area contributed by atoms with Crippen molar-refractivity contribution in [2.75, 3.05) is 6.54 Å². The average Bonchev–Trinajstić information content (AvgIpc) is 2.73. The van der Waals surface area contributed by atoms with Crippen molar-refractivity contribution in [3.05, 3.63) is 40.0 Å². The van der Waals surface area contributed by atoms with Crippen molar-refractivity contribution in [1.29, 1.82) is 0 Å². The molecule has 1 saturated heterocycles. The number of carboxylic acid groups (broad SMARTS) is 1. The molecule has 0 aliphatic carbocycles. The Morgan fingerprint density at radius 2 is 2.04 bits per heavy atom. The molecule has 10 heteroatoms. The van der Waals surface area contributed by atoms with Gasteiger partial charge in [-0.15, -0.1) is 0 Å². The zero-order valence-electron chi connectivity index (χ0n) is 12.5. The zero-order chi connectivity index (χ0) is 18.8. The lowest BCUT2D eigenvalue weighted by atomic mass is 10.1. The molecule has 4 nitrogen and oxygen atoms in total. The number of alkyl halides is 3. The molecule has 0 saturated carbocycles. The van der Waals surface area contributed by atoms with Gasteiger partial charge in [0, 0.05) is 13.0 Å². The Bertz CT molecular complexity index is 762. The number of rotatable bonds is 5. The van der Waals surface area contributed by atoms with Gasteiger partial charge in [-0.05, 0) is 36.3 Å². The van der Waals surface area contributed by atoms with Crippen molar-refractivity contribution < 1.29 is 32.3 Å². The summed E-state index contributed by atoms with van der Waals surface area (Å²) in [5, 5.41) is 8.60. The summed E-state index contributed by atoms with van der Waals surface area (Å²) < 4.78 is 52.5. The molecule has 2 rings (SSSR count). The fraction of sp³-hybridized carbons (Fsp3) is 0.267. The lowest BCUT2D eigenvalue weighted by molar-refractivity contribution is -0.138. The summed E-state index contributed by atoms with van der Waals surface area (Å²) in [6.45, 7) is 0.0452. The third-order valence-corrected chi connectivity index (χ3v) is 4.63. The maximum absolute atomic E-state index is 13.3. The van der Waals surface area contributed by atoms with Gasteiger partial charge in [-0.25, -0.2) is 4.39 Å². The highest BCUT2D eigenvalue weighted by atomic mass is 32.2. The monoisotopic (exact) mass is 393 g/mol. The second-order valence-corrected chi connectivity index (χ2v) is 6.74. The van der Waals surface area contributed by atoms with E-state index in [2.05, 4.69) is 0 Å². The van der Waals surface area contributed by atoms with E-state index < -0.39 is 35.0 Å². The minimum absolute atomic E-state index is 0.0452. The highest BCUT2D eigenvalue weighted by molar-refractivity contribution is 8.26. The van der Waals surface area contributed by atoms with E-state index in [1.165, 1.54) is 0 Å². The highest BCUT2D eigenvalue weighted by Gasteiger charge is 2.35. The smallest absolute Gasteiger partial charge is 0.416 e. The topological polar surface area (TPSA) is 57.6 Å². The third kappa shape index (κ3) is 4.79. The molecule has 0 bridgehead atoms. The second-order valence-electron chi connectivity index (χ2n) is 5.06. The first kappa shape index (κ1) is 19.4. The maximum Gasteiger partial charge on any atom is 0.416 e. The molecule has 1 aliphatic heterocycles. The molecular weight excluding hydrogens is 382 g/mol. The minimum Gasteiger partial charge on any atom is -0.481 e. The standard InChI is InChI=1S/C15H11F4NO3S2/c16-9-3-4-10(15(17,18)19)8(6-9)7-11-13(23)20(14(24)25-11)5-1-2-12(21)22/h3-4,6-7H,1-2,5H2,(H,21,22)/b11-7-. The van der Waals surface area contributed by atoms with E-state index >= 15 is 0 Å². The first-order valence-electron chi connectivity index (χ1n) is 6.93. The fourth-order valence-electron chi connectivity index (χ4n) is 2.13. The molecule has 1 fully saturated rings. The van der Waals surface area contributed by atoms with Gasteiger partial charge in [-0.1, -0.05) is 24.0 Å². The summed E-state index contributed by atoms with van der Waals surface area (Å²) in [6, 6.07) is 1.99. The predicted molar refractivity (Wildman–Crippen MR) is 88.2 cm³/mol. The third-order valence-electron chi connectivity index (χ3n) is 3.25. The molecule has 25 heavy (non-hydrogen) atoms. The number of carboxylic acids is 1. The molecule has 0 atom stereocenters. The molecule has 0 aromatic heterocycles. The van der Waals surface area contributed by atoms with E-state index in [0.717, 1.165) is 22.7 Å². The largest absolute Gasteiger partial charge is 0.481 e. The van der Waals surface area contributed by atoms with Crippen LogP contribution in [0.3, 0.4) is 0 Å². The summed E-state index contributed by atoms with van der Waals surface area (Å²) in [7, 11) is 0. The van der Waals surface area contributed by atoms with Crippen LogP contribution in [0.1, 0.15) is 24.0 Å². The Morgan fingerprint density at radius 3 is 2.64 bits per heavy atom. The molecular formula is C15H11F4NO3S2. The van der Waals surface area contributed by atoms with Gasteiger partial charge in [0.15, 0.2) is 0 Å². The van der Waals surface area contributed by atoms with Crippen LogP contribution in [0.2, 0.25) is 0 Å². The van der Waals surface area contributed by atoms with Gasteiger partial charge in [-0.2, -0.15) is 13.2 Å². The number of nitrogens with zero attached hydrogens (tertiary/aromatic N) is 1. The van der Waals surface area contributed by atoms with Gasteiger partial charge in [0.1, 0.15) is 10.1 Å². The van der Waals surface area contributed by atoms with E-state index in [9.17, 15) is 27.2 Å². The molecule has 0 spiro atoms. The quantitative estimate of drug-likeness (QED) is 0.467. The van der Waals surface area contributed by atoms with E-state index in [4.69, 9.17) is 17.3 Å². The summed E-state index contributed by atoms with van der Waals surface area (Å²) in [5.74, 6) is -2.52. The second kappa shape index (κ2) is 7.52. The van der Waals surface area contributed by atoms with Crippen molar-refractivity contribution in [2.24, 2.45) is 0 Å². The Balaban J connectivity index is 2.28. The summed E-state index contributed by atoms with van der Waals surface area (Å²) in [6.07, 6.45) is -3.77. The molecule has 1 aliphatic rings. The normalized spacial score (nSPS) is 16.8. The Hall–Kier alpha value is -1.94. The van der Waals surface area contributed by atoms with E-state index in [1.54, 1.807) is 0 Å². The van der Waals surface area contributed by atoms with E-state index in [0.29, 0.717) is 18.2 Å². The average molecular weight is 393 g/mol. The molecule has 1 aromatic carbocycles. The summed E-state index contributed by atoms with van der Waals surface area (Å²) >= 11 is 5.80. The van der Waals surface area contributed by atoms with Gasteiger partial charge in [0.25, 0.3) is 5.91 Å². The van der Waals surface area contributed by atoms with Gasteiger partial charge in [0.2, 0.25) is 0 Å². The number of thioether (sulfide) groups is 1. The number of hydrogen-bond acceptors (Lipinski definition) is 4. The van der Waals surface area contributed by atoms with E-state index in [-0.39, 0.29) is 28.6 Å². The van der Waals surface area contributed by atoms with Crippen molar-refractivity contribution in [2.45, 2.75) is 19.0 Å². The lowest BCUT2D eigenvalue weighted by Gasteiger charge is -2.13. The number of hydrogen-bond donors (Lipinski definition) is 1. The number of aliphatic carboxylic acids is 1. The molecule has 0 radical (unpaired) electrons. The van der Waals surface area contributed by atoms with Crippen molar-refractivity contribution in [1.82, 2.24) is 4.90 Å². The van der Waals surface area contributed by atoms with Crippen LogP contribution >= 0.6 is 24.0 Å². The number of thiocarbonyl (C=S) groups is 1.